The highest BCUT2D eigenvalue weighted by Gasteiger charge is 2.64. The van der Waals surface area contributed by atoms with E-state index in [9.17, 15) is 23.5 Å². The first-order chi connectivity index (χ1) is 9.17. The Kier molecular flexibility index (Phi) is 3.52. The van der Waals surface area contributed by atoms with Gasteiger partial charge in [0, 0.05) is 7.05 Å². The summed E-state index contributed by atoms with van der Waals surface area (Å²) >= 11 is 0. The predicted octanol–water partition coefficient (Wildman–Crippen LogP) is 0.793. The summed E-state index contributed by atoms with van der Waals surface area (Å²) in [5.74, 6) is -6.16. The fourth-order valence-electron chi connectivity index (χ4n) is 3.14. The smallest absolute Gasteiger partial charge is 0.352 e. The zero-order valence-electron chi connectivity index (χ0n) is 11.5. The molecule has 0 aromatic rings. The molecule has 0 atom stereocenters. The van der Waals surface area contributed by atoms with Crippen molar-refractivity contribution < 1.29 is 23.5 Å². The normalized spacial score (nSPS) is 24.0. The van der Waals surface area contributed by atoms with Crippen LogP contribution in [0.15, 0.2) is 0 Å². The first kappa shape index (κ1) is 15.2. The molecule has 2 saturated carbocycles. The second-order valence-corrected chi connectivity index (χ2v) is 5.93. The van der Waals surface area contributed by atoms with Crippen molar-refractivity contribution in [3.63, 3.8) is 0 Å². The molecule has 114 valence electrons. The van der Waals surface area contributed by atoms with Crippen LogP contribution < -0.4 is 5.73 Å². The highest BCUT2D eigenvalue weighted by molar-refractivity contribution is 5.93. The molecule has 2 fully saturated rings. The minimum Gasteiger partial charge on any atom is -0.383 e. The van der Waals surface area contributed by atoms with Gasteiger partial charge in [-0.3, -0.25) is 9.59 Å². The van der Waals surface area contributed by atoms with E-state index in [1.54, 1.807) is 0 Å². The number of hydrogen-bond acceptors (Lipinski definition) is 3. The van der Waals surface area contributed by atoms with E-state index in [2.05, 4.69) is 0 Å². The molecule has 0 unspecified atom stereocenters. The van der Waals surface area contributed by atoms with Gasteiger partial charge in [0.25, 0.3) is 5.91 Å². The van der Waals surface area contributed by atoms with Crippen LogP contribution in [0.5, 0.6) is 0 Å². The maximum atomic E-state index is 14.2. The summed E-state index contributed by atoms with van der Waals surface area (Å²) in [5, 5.41) is 9.81. The van der Waals surface area contributed by atoms with Gasteiger partial charge in [0.1, 0.15) is 11.1 Å². The zero-order valence-corrected chi connectivity index (χ0v) is 11.5. The largest absolute Gasteiger partial charge is 0.383 e. The molecule has 0 bridgehead atoms. The first-order valence-corrected chi connectivity index (χ1v) is 6.86. The number of alkyl halides is 2. The molecule has 0 spiro atoms. The van der Waals surface area contributed by atoms with E-state index < -0.39 is 28.9 Å². The number of primary amides is 1. The van der Waals surface area contributed by atoms with Crippen LogP contribution in [0.4, 0.5) is 8.78 Å². The lowest BCUT2D eigenvalue weighted by Gasteiger charge is -2.45. The summed E-state index contributed by atoms with van der Waals surface area (Å²) in [4.78, 5) is 24.5. The zero-order chi connectivity index (χ0) is 15.2. The van der Waals surface area contributed by atoms with Crippen LogP contribution in [0, 0.1) is 0 Å². The summed E-state index contributed by atoms with van der Waals surface area (Å²) in [5.41, 5.74) is 1.70. The van der Waals surface area contributed by atoms with Gasteiger partial charge in [-0.05, 0) is 32.1 Å². The van der Waals surface area contributed by atoms with E-state index in [4.69, 9.17) is 5.73 Å². The number of carbonyl (C=O) groups excluding carboxylic acids is 2. The fraction of sp³-hybridized carbons (Fsp3) is 0.846. The minimum atomic E-state index is -3.88. The summed E-state index contributed by atoms with van der Waals surface area (Å²) in [7, 11) is 1.17. The van der Waals surface area contributed by atoms with Gasteiger partial charge >= 0.3 is 5.92 Å². The predicted molar refractivity (Wildman–Crippen MR) is 66.9 cm³/mol. The standard InChI is InChI=1S/C13H20F2N2O3/c1-17(11(9(16)18)5-2-3-6-11)10(19)13(14,15)12(20)7-4-8-12/h20H,2-8H2,1H3,(H2,16,18). The molecule has 20 heavy (non-hydrogen) atoms. The Balaban J connectivity index is 2.25. The topological polar surface area (TPSA) is 83.6 Å². The molecule has 7 heteroatoms. The average Bonchev–Trinajstić information content (AvgIpc) is 2.84. The Bertz CT molecular complexity index is 429. The molecule has 0 saturated heterocycles. The van der Waals surface area contributed by atoms with Crippen molar-refractivity contribution in [2.75, 3.05) is 7.05 Å². The van der Waals surface area contributed by atoms with Crippen LogP contribution in [-0.2, 0) is 9.59 Å². The Morgan fingerprint density at radius 2 is 1.65 bits per heavy atom. The monoisotopic (exact) mass is 290 g/mol. The van der Waals surface area contributed by atoms with E-state index in [0.29, 0.717) is 32.1 Å². The van der Waals surface area contributed by atoms with Gasteiger partial charge in [-0.1, -0.05) is 12.8 Å². The van der Waals surface area contributed by atoms with E-state index in [1.807, 2.05) is 0 Å². The number of nitrogens with zero attached hydrogens (tertiary/aromatic N) is 1. The highest BCUT2D eigenvalue weighted by Crippen LogP contribution is 2.46. The lowest BCUT2D eigenvalue weighted by Crippen LogP contribution is -2.66. The fourth-order valence-corrected chi connectivity index (χ4v) is 3.14. The molecule has 2 aliphatic carbocycles. The lowest BCUT2D eigenvalue weighted by atomic mass is 9.74. The third kappa shape index (κ3) is 1.90. The Morgan fingerprint density at radius 3 is 2.00 bits per heavy atom. The highest BCUT2D eigenvalue weighted by atomic mass is 19.3. The van der Waals surface area contributed by atoms with E-state index in [-0.39, 0.29) is 12.8 Å². The number of hydrogen-bond donors (Lipinski definition) is 2. The van der Waals surface area contributed by atoms with Crippen molar-refractivity contribution in [2.45, 2.75) is 62.0 Å². The van der Waals surface area contributed by atoms with Gasteiger partial charge in [-0.25, -0.2) is 0 Å². The quantitative estimate of drug-likeness (QED) is 0.803. The third-order valence-corrected chi connectivity index (χ3v) is 4.87. The number of aliphatic hydroxyl groups is 1. The van der Waals surface area contributed by atoms with Gasteiger partial charge in [-0.2, -0.15) is 8.78 Å². The molecule has 2 amide bonds. The van der Waals surface area contributed by atoms with Crippen LogP contribution >= 0.6 is 0 Å². The molecule has 0 aromatic heterocycles. The van der Waals surface area contributed by atoms with Crippen molar-refractivity contribution in [1.82, 2.24) is 4.90 Å². The minimum absolute atomic E-state index is 0.108. The molecule has 0 aromatic carbocycles. The van der Waals surface area contributed by atoms with Gasteiger partial charge < -0.3 is 15.7 Å². The Hall–Kier alpha value is -1.24. The Morgan fingerprint density at radius 1 is 1.15 bits per heavy atom. The van der Waals surface area contributed by atoms with E-state index in [0.717, 1.165) is 4.90 Å². The summed E-state index contributed by atoms with van der Waals surface area (Å²) in [6.45, 7) is 0. The summed E-state index contributed by atoms with van der Waals surface area (Å²) in [6.07, 6.45) is 2.15. The number of nitrogens with two attached hydrogens (primary N) is 1. The second-order valence-electron chi connectivity index (χ2n) is 5.93. The maximum Gasteiger partial charge on any atom is 0.352 e. The molecular formula is C13H20F2N2O3. The molecule has 0 aliphatic heterocycles. The first-order valence-electron chi connectivity index (χ1n) is 6.86. The van der Waals surface area contributed by atoms with Crippen LogP contribution in [0.3, 0.4) is 0 Å². The van der Waals surface area contributed by atoms with Crippen molar-refractivity contribution in [3.8, 4) is 0 Å². The molecule has 3 N–H and O–H groups in total. The SMILES string of the molecule is CN(C(=O)C(F)(F)C1(O)CCC1)C1(C(N)=O)CCCC1. The van der Waals surface area contributed by atoms with E-state index in [1.165, 1.54) is 7.05 Å². The number of halogens is 2. The van der Waals surface area contributed by atoms with Gasteiger partial charge in [0.2, 0.25) is 5.91 Å². The number of amides is 2. The molecule has 0 heterocycles. The lowest BCUT2D eigenvalue weighted by molar-refractivity contribution is -0.225. The van der Waals surface area contributed by atoms with Crippen molar-refractivity contribution in [3.05, 3.63) is 0 Å². The van der Waals surface area contributed by atoms with Crippen LogP contribution in [-0.4, -0.2) is 45.9 Å². The van der Waals surface area contributed by atoms with Gasteiger partial charge in [-0.15, -0.1) is 0 Å². The van der Waals surface area contributed by atoms with Crippen molar-refractivity contribution in [2.24, 2.45) is 5.73 Å². The van der Waals surface area contributed by atoms with E-state index >= 15 is 0 Å². The van der Waals surface area contributed by atoms with Crippen molar-refractivity contribution >= 4 is 11.8 Å². The molecule has 2 aliphatic rings. The average molecular weight is 290 g/mol. The summed E-state index contributed by atoms with van der Waals surface area (Å²) in [6, 6.07) is 0. The molecular weight excluding hydrogens is 270 g/mol. The second kappa shape index (κ2) is 4.65. The third-order valence-electron chi connectivity index (χ3n) is 4.87. The van der Waals surface area contributed by atoms with Gasteiger partial charge in [0.05, 0.1) is 0 Å². The number of carbonyl (C=O) groups is 2. The Labute approximate surface area is 116 Å². The van der Waals surface area contributed by atoms with Crippen molar-refractivity contribution in [1.29, 1.82) is 0 Å². The van der Waals surface area contributed by atoms with Crippen LogP contribution in [0.2, 0.25) is 0 Å². The number of likely N-dealkylation sites (N-methyl/N-ethyl adjacent to an activating group) is 1. The van der Waals surface area contributed by atoms with Crippen LogP contribution in [0.1, 0.15) is 44.9 Å². The summed E-state index contributed by atoms with van der Waals surface area (Å²) < 4.78 is 28.4. The molecule has 2 rings (SSSR count). The maximum absolute atomic E-state index is 14.2. The van der Waals surface area contributed by atoms with Gasteiger partial charge in [0.15, 0.2) is 0 Å². The molecule has 0 radical (unpaired) electrons. The number of rotatable bonds is 4. The van der Waals surface area contributed by atoms with Crippen LogP contribution in [0.25, 0.3) is 0 Å². The molecule has 5 nitrogen and oxygen atoms in total.